The number of carbonyl (C=O) groups is 1. The molecule has 1 amide bonds. The van der Waals surface area contributed by atoms with E-state index in [0.717, 1.165) is 11.4 Å². The SMILES string of the molecule is CC(C)CC(=O)Nc1ccc(NC2CCCCC2)cc1. The summed E-state index contributed by atoms with van der Waals surface area (Å²) in [6.45, 7) is 4.10. The summed E-state index contributed by atoms with van der Waals surface area (Å²) in [7, 11) is 0. The van der Waals surface area contributed by atoms with Crippen LogP contribution in [0.25, 0.3) is 0 Å². The number of amides is 1. The first-order chi connectivity index (χ1) is 9.63. The molecule has 20 heavy (non-hydrogen) atoms. The van der Waals surface area contributed by atoms with Gasteiger partial charge in [-0.2, -0.15) is 0 Å². The fourth-order valence-electron chi connectivity index (χ4n) is 2.72. The van der Waals surface area contributed by atoms with E-state index in [1.54, 1.807) is 0 Å². The Morgan fingerprint density at radius 2 is 1.70 bits per heavy atom. The molecule has 0 spiro atoms. The first-order valence-corrected chi connectivity index (χ1v) is 7.80. The average molecular weight is 274 g/mol. The van der Waals surface area contributed by atoms with E-state index < -0.39 is 0 Å². The quantitative estimate of drug-likeness (QED) is 0.834. The molecule has 0 aromatic heterocycles. The summed E-state index contributed by atoms with van der Waals surface area (Å²) in [5, 5.41) is 6.52. The van der Waals surface area contributed by atoms with Crippen LogP contribution in [0.5, 0.6) is 0 Å². The minimum Gasteiger partial charge on any atom is -0.382 e. The lowest BCUT2D eigenvalue weighted by Crippen LogP contribution is -2.22. The van der Waals surface area contributed by atoms with E-state index in [1.165, 1.54) is 32.1 Å². The van der Waals surface area contributed by atoms with Crippen LogP contribution in [0, 0.1) is 5.92 Å². The number of hydrogen-bond acceptors (Lipinski definition) is 2. The highest BCUT2D eigenvalue weighted by Gasteiger charge is 2.12. The molecule has 2 rings (SSSR count). The van der Waals surface area contributed by atoms with E-state index in [1.807, 2.05) is 12.1 Å². The van der Waals surface area contributed by atoms with E-state index in [0.29, 0.717) is 18.4 Å². The molecular weight excluding hydrogens is 248 g/mol. The van der Waals surface area contributed by atoms with Crippen LogP contribution in [-0.2, 0) is 4.79 Å². The maximum absolute atomic E-state index is 11.7. The van der Waals surface area contributed by atoms with Crippen molar-refractivity contribution in [2.24, 2.45) is 5.92 Å². The Morgan fingerprint density at radius 3 is 2.30 bits per heavy atom. The third-order valence-corrected chi connectivity index (χ3v) is 3.74. The van der Waals surface area contributed by atoms with Crippen LogP contribution < -0.4 is 10.6 Å². The molecule has 1 saturated carbocycles. The smallest absolute Gasteiger partial charge is 0.224 e. The van der Waals surface area contributed by atoms with Crippen LogP contribution in [0.3, 0.4) is 0 Å². The zero-order valence-electron chi connectivity index (χ0n) is 12.6. The molecule has 1 aromatic rings. The second kappa shape index (κ2) is 7.32. The van der Waals surface area contributed by atoms with Gasteiger partial charge in [-0.1, -0.05) is 33.1 Å². The lowest BCUT2D eigenvalue weighted by molar-refractivity contribution is -0.116. The molecule has 0 aliphatic heterocycles. The number of hydrogen-bond donors (Lipinski definition) is 2. The molecule has 0 unspecified atom stereocenters. The van der Waals surface area contributed by atoms with Crippen LogP contribution in [0.4, 0.5) is 11.4 Å². The van der Waals surface area contributed by atoms with Crippen molar-refractivity contribution >= 4 is 17.3 Å². The summed E-state index contributed by atoms with van der Waals surface area (Å²) in [5.74, 6) is 0.482. The van der Waals surface area contributed by atoms with Gasteiger partial charge in [-0.05, 0) is 43.0 Å². The van der Waals surface area contributed by atoms with Gasteiger partial charge >= 0.3 is 0 Å². The van der Waals surface area contributed by atoms with E-state index in [4.69, 9.17) is 0 Å². The fraction of sp³-hybridized carbons (Fsp3) is 0.588. The Balaban J connectivity index is 1.84. The van der Waals surface area contributed by atoms with Crippen molar-refractivity contribution in [2.75, 3.05) is 10.6 Å². The molecule has 1 aliphatic carbocycles. The summed E-state index contributed by atoms with van der Waals surface area (Å²) in [6, 6.07) is 8.68. The van der Waals surface area contributed by atoms with Crippen LogP contribution in [0.2, 0.25) is 0 Å². The van der Waals surface area contributed by atoms with Crippen LogP contribution in [0.1, 0.15) is 52.4 Å². The highest BCUT2D eigenvalue weighted by molar-refractivity contribution is 5.90. The molecule has 0 atom stereocenters. The summed E-state index contributed by atoms with van der Waals surface area (Å²) in [4.78, 5) is 11.7. The van der Waals surface area contributed by atoms with Gasteiger partial charge in [0.15, 0.2) is 0 Å². The van der Waals surface area contributed by atoms with Crippen molar-refractivity contribution in [1.82, 2.24) is 0 Å². The number of carbonyl (C=O) groups excluding carboxylic acids is 1. The predicted molar refractivity (Wildman–Crippen MR) is 85.0 cm³/mol. The maximum Gasteiger partial charge on any atom is 0.224 e. The molecule has 0 saturated heterocycles. The van der Waals surface area contributed by atoms with Crippen LogP contribution in [-0.4, -0.2) is 11.9 Å². The van der Waals surface area contributed by atoms with Gasteiger partial charge in [-0.3, -0.25) is 4.79 Å². The minimum absolute atomic E-state index is 0.0907. The van der Waals surface area contributed by atoms with E-state index >= 15 is 0 Å². The van der Waals surface area contributed by atoms with Crippen molar-refractivity contribution in [2.45, 2.75) is 58.4 Å². The van der Waals surface area contributed by atoms with Crippen molar-refractivity contribution < 1.29 is 4.79 Å². The Kier molecular flexibility index (Phi) is 5.45. The number of benzene rings is 1. The summed E-state index contributed by atoms with van der Waals surface area (Å²) in [6.07, 6.45) is 7.16. The zero-order valence-corrected chi connectivity index (χ0v) is 12.6. The van der Waals surface area contributed by atoms with Gasteiger partial charge < -0.3 is 10.6 Å². The Hall–Kier alpha value is -1.51. The molecule has 1 aromatic carbocycles. The molecule has 1 fully saturated rings. The molecule has 2 N–H and O–H groups in total. The highest BCUT2D eigenvalue weighted by Crippen LogP contribution is 2.22. The highest BCUT2D eigenvalue weighted by atomic mass is 16.1. The average Bonchev–Trinajstić information content (AvgIpc) is 2.41. The molecule has 1 aliphatic rings. The number of anilines is 2. The van der Waals surface area contributed by atoms with Gasteiger partial charge in [0.2, 0.25) is 5.91 Å². The third-order valence-electron chi connectivity index (χ3n) is 3.74. The standard InChI is InChI=1S/C17H26N2O/c1-13(2)12-17(20)19-16-10-8-15(9-11-16)18-14-6-4-3-5-7-14/h8-11,13-14,18H,3-7,12H2,1-2H3,(H,19,20). The molecule has 110 valence electrons. The zero-order chi connectivity index (χ0) is 14.4. The van der Waals surface area contributed by atoms with Crippen molar-refractivity contribution in [3.63, 3.8) is 0 Å². The molecule has 3 nitrogen and oxygen atoms in total. The Labute approximate surface area is 122 Å². The topological polar surface area (TPSA) is 41.1 Å². The van der Waals surface area contributed by atoms with Gasteiger partial charge in [0.05, 0.1) is 0 Å². The third kappa shape index (κ3) is 4.87. The lowest BCUT2D eigenvalue weighted by atomic mass is 9.95. The van der Waals surface area contributed by atoms with E-state index in [-0.39, 0.29) is 5.91 Å². The molecule has 0 heterocycles. The summed E-state index contributed by atoms with van der Waals surface area (Å²) >= 11 is 0. The van der Waals surface area contributed by atoms with E-state index in [9.17, 15) is 4.79 Å². The molecule has 3 heteroatoms. The number of nitrogens with one attached hydrogen (secondary N) is 2. The Morgan fingerprint density at radius 1 is 1.10 bits per heavy atom. The van der Waals surface area contributed by atoms with Gasteiger partial charge in [0, 0.05) is 23.8 Å². The van der Waals surface area contributed by atoms with Gasteiger partial charge in [-0.25, -0.2) is 0 Å². The second-order valence-electron chi connectivity index (χ2n) is 6.20. The Bertz CT molecular complexity index is 419. The minimum atomic E-state index is 0.0907. The monoisotopic (exact) mass is 274 g/mol. The number of rotatable bonds is 5. The van der Waals surface area contributed by atoms with Crippen molar-refractivity contribution in [1.29, 1.82) is 0 Å². The first-order valence-electron chi connectivity index (χ1n) is 7.80. The molecular formula is C17H26N2O. The van der Waals surface area contributed by atoms with Crippen molar-refractivity contribution in [3.8, 4) is 0 Å². The van der Waals surface area contributed by atoms with Gasteiger partial charge in [-0.15, -0.1) is 0 Å². The van der Waals surface area contributed by atoms with Crippen LogP contribution >= 0.6 is 0 Å². The van der Waals surface area contributed by atoms with Crippen LogP contribution in [0.15, 0.2) is 24.3 Å². The lowest BCUT2D eigenvalue weighted by Gasteiger charge is -2.23. The first kappa shape index (κ1) is 14.9. The summed E-state index contributed by atoms with van der Waals surface area (Å²) in [5.41, 5.74) is 2.03. The largest absolute Gasteiger partial charge is 0.382 e. The fourth-order valence-corrected chi connectivity index (χ4v) is 2.72. The maximum atomic E-state index is 11.7. The molecule has 0 bridgehead atoms. The van der Waals surface area contributed by atoms with Gasteiger partial charge in [0.1, 0.15) is 0 Å². The van der Waals surface area contributed by atoms with Crippen molar-refractivity contribution in [3.05, 3.63) is 24.3 Å². The second-order valence-corrected chi connectivity index (χ2v) is 6.20. The van der Waals surface area contributed by atoms with Gasteiger partial charge in [0.25, 0.3) is 0 Å². The normalized spacial score (nSPS) is 16.1. The predicted octanol–water partition coefficient (Wildman–Crippen LogP) is 4.42. The molecule has 0 radical (unpaired) electrons. The summed E-state index contributed by atoms with van der Waals surface area (Å²) < 4.78 is 0. The van der Waals surface area contributed by atoms with E-state index in [2.05, 4.69) is 36.6 Å².